The van der Waals surface area contributed by atoms with Crippen molar-refractivity contribution >= 4 is 11.7 Å². The smallest absolute Gasteiger partial charge is 0.368 e. The fourth-order valence-corrected chi connectivity index (χ4v) is 2.53. The number of alkyl halides is 3. The van der Waals surface area contributed by atoms with Gasteiger partial charge in [0.15, 0.2) is 5.69 Å². The highest BCUT2D eigenvalue weighted by molar-refractivity contribution is 5.91. The van der Waals surface area contributed by atoms with E-state index in [9.17, 15) is 18.0 Å². The van der Waals surface area contributed by atoms with Crippen LogP contribution in [0.25, 0.3) is 0 Å². The van der Waals surface area contributed by atoms with E-state index in [1.807, 2.05) is 0 Å². The van der Waals surface area contributed by atoms with Crippen LogP contribution in [0.2, 0.25) is 0 Å². The molecule has 1 saturated heterocycles. The molecule has 9 heteroatoms. The minimum absolute atomic E-state index is 0.235. The second-order valence-electron chi connectivity index (χ2n) is 5.60. The van der Waals surface area contributed by atoms with E-state index in [-0.39, 0.29) is 11.6 Å². The number of nitrogens with one attached hydrogen (secondary N) is 2. The van der Waals surface area contributed by atoms with Gasteiger partial charge in [0.1, 0.15) is 5.82 Å². The number of rotatable bonds is 5. The number of likely N-dealkylation sites (tertiary alicyclic amines) is 1. The van der Waals surface area contributed by atoms with Crippen LogP contribution in [-0.4, -0.2) is 60.4 Å². The molecule has 0 aromatic carbocycles. The van der Waals surface area contributed by atoms with E-state index in [1.54, 1.807) is 12.1 Å². The van der Waals surface area contributed by atoms with Gasteiger partial charge in [0.25, 0.3) is 5.91 Å². The van der Waals surface area contributed by atoms with E-state index in [1.165, 1.54) is 11.9 Å². The number of piperidine rings is 1. The number of halogens is 3. The first-order chi connectivity index (χ1) is 10.9. The summed E-state index contributed by atoms with van der Waals surface area (Å²) in [6.07, 6.45) is -2.70. The number of anilines is 1. The third-order valence-corrected chi connectivity index (χ3v) is 3.81. The van der Waals surface area contributed by atoms with Crippen molar-refractivity contribution < 1.29 is 18.0 Å². The number of nitrogens with zero attached hydrogens (tertiary/aromatic N) is 3. The average Bonchev–Trinajstić information content (AvgIpc) is 2.52. The first kappa shape index (κ1) is 17.5. The first-order valence-corrected chi connectivity index (χ1v) is 7.46. The van der Waals surface area contributed by atoms with Gasteiger partial charge in [0.2, 0.25) is 0 Å². The molecule has 0 spiro atoms. The Morgan fingerprint density at radius 1 is 1.30 bits per heavy atom. The Morgan fingerprint density at radius 2 is 2.00 bits per heavy atom. The number of hydrogen-bond acceptors (Lipinski definition) is 5. The van der Waals surface area contributed by atoms with Gasteiger partial charge in [-0.1, -0.05) is 0 Å². The molecule has 2 N–H and O–H groups in total. The summed E-state index contributed by atoms with van der Waals surface area (Å²) in [6.45, 7) is 0.702. The molecule has 0 atom stereocenters. The van der Waals surface area contributed by atoms with Crippen LogP contribution in [0.4, 0.5) is 19.0 Å². The lowest BCUT2D eigenvalue weighted by molar-refractivity contribution is -0.148. The molecule has 2 heterocycles. The van der Waals surface area contributed by atoms with Gasteiger partial charge in [-0.3, -0.25) is 9.69 Å². The van der Waals surface area contributed by atoms with Crippen LogP contribution in [0.5, 0.6) is 0 Å². The third kappa shape index (κ3) is 5.66. The van der Waals surface area contributed by atoms with Crippen molar-refractivity contribution in [1.82, 2.24) is 20.4 Å². The maximum atomic E-state index is 12.3. The van der Waals surface area contributed by atoms with E-state index in [0.717, 1.165) is 0 Å². The Morgan fingerprint density at radius 3 is 2.52 bits per heavy atom. The summed E-state index contributed by atoms with van der Waals surface area (Å²) in [7, 11) is 1.52. The summed E-state index contributed by atoms with van der Waals surface area (Å²) in [5.74, 6) is 0.552. The minimum atomic E-state index is -4.13. The van der Waals surface area contributed by atoms with E-state index < -0.39 is 12.7 Å². The number of aromatic nitrogens is 2. The summed E-state index contributed by atoms with van der Waals surface area (Å²) < 4.78 is 37.0. The second kappa shape index (κ2) is 7.58. The van der Waals surface area contributed by atoms with Gasteiger partial charge < -0.3 is 10.6 Å². The molecule has 0 bridgehead atoms. The monoisotopic (exact) mass is 331 g/mol. The summed E-state index contributed by atoms with van der Waals surface area (Å²) in [6, 6.07) is 3.23. The number of hydrogen-bond donors (Lipinski definition) is 2. The molecule has 23 heavy (non-hydrogen) atoms. The molecular formula is C14H20F3N5O. The number of carbonyl (C=O) groups excluding carboxylic acids is 1. The highest BCUT2D eigenvalue weighted by Gasteiger charge is 2.32. The van der Waals surface area contributed by atoms with Gasteiger partial charge in [0, 0.05) is 13.6 Å². The molecule has 1 aromatic rings. The Kier molecular flexibility index (Phi) is 5.75. The molecule has 1 aromatic heterocycles. The number of carbonyl (C=O) groups is 1. The van der Waals surface area contributed by atoms with Crippen LogP contribution in [0, 0.1) is 5.92 Å². The van der Waals surface area contributed by atoms with Crippen LogP contribution in [0.15, 0.2) is 12.1 Å². The van der Waals surface area contributed by atoms with Gasteiger partial charge in [-0.05, 0) is 44.0 Å². The van der Waals surface area contributed by atoms with Gasteiger partial charge in [0.05, 0.1) is 6.54 Å². The third-order valence-electron chi connectivity index (χ3n) is 3.81. The standard InChI is InChI=1S/C14H20F3N5O/c1-18-13(23)11-2-3-12(21-20-11)19-8-10-4-6-22(7-5-10)9-14(15,16)17/h2-3,10H,4-9H2,1H3,(H,18,23)(H,19,21). The van der Waals surface area contributed by atoms with Gasteiger partial charge in [-0.2, -0.15) is 13.2 Å². The molecule has 1 aliphatic rings. The largest absolute Gasteiger partial charge is 0.401 e. The average molecular weight is 331 g/mol. The molecule has 1 fully saturated rings. The van der Waals surface area contributed by atoms with Gasteiger partial charge in [-0.25, -0.2) is 0 Å². The minimum Gasteiger partial charge on any atom is -0.368 e. The fraction of sp³-hybridized carbons (Fsp3) is 0.643. The van der Waals surface area contributed by atoms with Crippen LogP contribution < -0.4 is 10.6 Å². The molecule has 0 saturated carbocycles. The molecular weight excluding hydrogens is 311 g/mol. The van der Waals surface area contributed by atoms with Crippen LogP contribution >= 0.6 is 0 Å². The molecule has 0 unspecified atom stereocenters. The van der Waals surface area contributed by atoms with Crippen molar-refractivity contribution in [2.24, 2.45) is 5.92 Å². The Hall–Kier alpha value is -1.90. The summed E-state index contributed by atoms with van der Waals surface area (Å²) in [5.41, 5.74) is 0.235. The zero-order chi connectivity index (χ0) is 16.9. The Labute approximate surface area is 132 Å². The quantitative estimate of drug-likeness (QED) is 0.856. The molecule has 0 aliphatic carbocycles. The topological polar surface area (TPSA) is 70.2 Å². The molecule has 6 nitrogen and oxygen atoms in total. The zero-order valence-corrected chi connectivity index (χ0v) is 12.9. The molecule has 1 aliphatic heterocycles. The normalized spacial score (nSPS) is 17.0. The van der Waals surface area contributed by atoms with Crippen molar-refractivity contribution in [2.45, 2.75) is 19.0 Å². The van der Waals surface area contributed by atoms with Crippen molar-refractivity contribution in [3.8, 4) is 0 Å². The zero-order valence-electron chi connectivity index (χ0n) is 12.9. The maximum absolute atomic E-state index is 12.3. The van der Waals surface area contributed by atoms with E-state index in [2.05, 4.69) is 20.8 Å². The first-order valence-electron chi connectivity index (χ1n) is 7.46. The molecule has 0 radical (unpaired) electrons. The summed E-state index contributed by atoms with van der Waals surface area (Å²) in [4.78, 5) is 12.8. The molecule has 1 amide bonds. The predicted molar refractivity (Wildman–Crippen MR) is 79.1 cm³/mol. The Bertz CT molecular complexity index is 512. The lowest BCUT2D eigenvalue weighted by Crippen LogP contribution is -2.41. The van der Waals surface area contributed by atoms with Crippen LogP contribution in [0.1, 0.15) is 23.3 Å². The van der Waals surface area contributed by atoms with E-state index in [4.69, 9.17) is 0 Å². The van der Waals surface area contributed by atoms with E-state index in [0.29, 0.717) is 44.2 Å². The van der Waals surface area contributed by atoms with Gasteiger partial charge in [-0.15, -0.1) is 10.2 Å². The van der Waals surface area contributed by atoms with E-state index >= 15 is 0 Å². The lowest BCUT2D eigenvalue weighted by atomic mass is 9.97. The Balaban J connectivity index is 1.74. The van der Waals surface area contributed by atoms with Gasteiger partial charge >= 0.3 is 6.18 Å². The second-order valence-corrected chi connectivity index (χ2v) is 5.60. The predicted octanol–water partition coefficient (Wildman–Crippen LogP) is 1.52. The van der Waals surface area contributed by atoms with Crippen molar-refractivity contribution in [1.29, 1.82) is 0 Å². The molecule has 2 rings (SSSR count). The summed E-state index contributed by atoms with van der Waals surface area (Å²) >= 11 is 0. The van der Waals surface area contributed by atoms with Crippen molar-refractivity contribution in [3.63, 3.8) is 0 Å². The molecule has 128 valence electrons. The van der Waals surface area contributed by atoms with Crippen molar-refractivity contribution in [2.75, 3.05) is 38.5 Å². The van der Waals surface area contributed by atoms with Crippen LogP contribution in [-0.2, 0) is 0 Å². The number of amides is 1. The SMILES string of the molecule is CNC(=O)c1ccc(NCC2CCN(CC(F)(F)F)CC2)nn1. The van der Waals surface area contributed by atoms with Crippen LogP contribution in [0.3, 0.4) is 0 Å². The highest BCUT2D eigenvalue weighted by Crippen LogP contribution is 2.22. The van der Waals surface area contributed by atoms with Crippen molar-refractivity contribution in [3.05, 3.63) is 17.8 Å². The highest BCUT2D eigenvalue weighted by atomic mass is 19.4. The maximum Gasteiger partial charge on any atom is 0.401 e. The lowest BCUT2D eigenvalue weighted by Gasteiger charge is -2.32. The summed E-state index contributed by atoms with van der Waals surface area (Å²) in [5, 5.41) is 13.3. The fourth-order valence-electron chi connectivity index (χ4n) is 2.53.